The fourth-order valence-electron chi connectivity index (χ4n) is 0.887. The van der Waals surface area contributed by atoms with Crippen LogP contribution in [0.3, 0.4) is 0 Å². The summed E-state index contributed by atoms with van der Waals surface area (Å²) in [5.41, 5.74) is 5.79. The van der Waals surface area contributed by atoms with E-state index in [2.05, 4.69) is 4.98 Å². The predicted molar refractivity (Wildman–Crippen MR) is 43.2 cm³/mol. The minimum absolute atomic E-state index is 0.133. The highest BCUT2D eigenvalue weighted by Gasteiger charge is 2.07. The van der Waals surface area contributed by atoms with Crippen LogP contribution in [0, 0.1) is 6.42 Å². The summed E-state index contributed by atoms with van der Waals surface area (Å²) >= 11 is 0. The topological polar surface area (TPSA) is 76.2 Å². The van der Waals surface area contributed by atoms with Gasteiger partial charge in [-0.25, -0.2) is 0 Å². The molecule has 0 spiro atoms. The van der Waals surface area contributed by atoms with Gasteiger partial charge in [-0.05, 0) is 11.6 Å². The Balaban J connectivity index is 3.00. The molecule has 0 saturated heterocycles. The maximum Gasteiger partial charge on any atom is 0.267 e. The lowest BCUT2D eigenvalue weighted by Gasteiger charge is -2.01. The molecule has 0 unspecified atom stereocenters. The van der Waals surface area contributed by atoms with Crippen LogP contribution in [0.2, 0.25) is 0 Å². The lowest BCUT2D eigenvalue weighted by Crippen LogP contribution is -2.15. The van der Waals surface area contributed by atoms with Crippen molar-refractivity contribution in [2.24, 2.45) is 5.73 Å². The SMILES string of the molecule is NC(=O)c1ncccc1[CH]CO. The number of hydrogen-bond acceptors (Lipinski definition) is 3. The van der Waals surface area contributed by atoms with Gasteiger partial charge in [-0.15, -0.1) is 0 Å². The molecule has 0 fully saturated rings. The van der Waals surface area contributed by atoms with Crippen LogP contribution >= 0.6 is 0 Å². The number of primary amides is 1. The molecule has 0 saturated carbocycles. The van der Waals surface area contributed by atoms with Crippen molar-refractivity contribution in [3.05, 3.63) is 36.0 Å². The standard InChI is InChI=1S/C8H9N2O2/c9-8(12)7-6(3-5-11)2-1-4-10-7/h1-4,11H,5H2,(H2,9,12). The largest absolute Gasteiger partial charge is 0.396 e. The summed E-state index contributed by atoms with van der Waals surface area (Å²) < 4.78 is 0. The zero-order valence-corrected chi connectivity index (χ0v) is 6.40. The maximum absolute atomic E-state index is 10.8. The summed E-state index contributed by atoms with van der Waals surface area (Å²) in [6, 6.07) is 3.34. The first-order chi connectivity index (χ1) is 5.75. The van der Waals surface area contributed by atoms with Crippen molar-refractivity contribution in [3.63, 3.8) is 0 Å². The van der Waals surface area contributed by atoms with Crippen molar-refractivity contribution in [1.29, 1.82) is 0 Å². The lowest BCUT2D eigenvalue weighted by molar-refractivity contribution is 0.0995. The van der Waals surface area contributed by atoms with Crippen molar-refractivity contribution in [3.8, 4) is 0 Å². The summed E-state index contributed by atoms with van der Waals surface area (Å²) in [6.07, 6.45) is 2.96. The van der Waals surface area contributed by atoms with E-state index in [0.29, 0.717) is 5.56 Å². The van der Waals surface area contributed by atoms with Crippen LogP contribution in [0.1, 0.15) is 16.1 Å². The molecule has 1 rings (SSSR count). The van der Waals surface area contributed by atoms with Gasteiger partial charge in [0.2, 0.25) is 0 Å². The number of aliphatic hydroxyl groups is 1. The maximum atomic E-state index is 10.8. The Morgan fingerprint density at radius 1 is 1.75 bits per heavy atom. The molecular weight excluding hydrogens is 156 g/mol. The van der Waals surface area contributed by atoms with Crippen LogP contribution in [-0.4, -0.2) is 22.6 Å². The molecule has 3 N–H and O–H groups in total. The fourth-order valence-corrected chi connectivity index (χ4v) is 0.887. The van der Waals surface area contributed by atoms with E-state index in [9.17, 15) is 4.79 Å². The van der Waals surface area contributed by atoms with E-state index in [4.69, 9.17) is 10.8 Å². The van der Waals surface area contributed by atoms with Crippen LogP contribution in [0.5, 0.6) is 0 Å². The molecule has 63 valence electrons. The zero-order valence-electron chi connectivity index (χ0n) is 6.40. The van der Waals surface area contributed by atoms with E-state index in [1.807, 2.05) is 0 Å². The smallest absolute Gasteiger partial charge is 0.267 e. The molecule has 1 aromatic rings. The number of hydrogen-bond donors (Lipinski definition) is 2. The van der Waals surface area contributed by atoms with Gasteiger partial charge in [-0.3, -0.25) is 9.78 Å². The third kappa shape index (κ3) is 1.79. The van der Waals surface area contributed by atoms with E-state index in [1.54, 1.807) is 12.1 Å². The molecule has 1 amide bonds. The second-order valence-corrected chi connectivity index (χ2v) is 2.19. The molecule has 4 nitrogen and oxygen atoms in total. The van der Waals surface area contributed by atoms with Gasteiger partial charge in [0, 0.05) is 12.6 Å². The number of rotatable bonds is 3. The van der Waals surface area contributed by atoms with Crippen molar-refractivity contribution in [2.45, 2.75) is 0 Å². The highest BCUT2D eigenvalue weighted by molar-refractivity contribution is 5.92. The van der Waals surface area contributed by atoms with Crippen LogP contribution < -0.4 is 5.73 Å². The summed E-state index contributed by atoms with van der Waals surface area (Å²) in [6.45, 7) is -0.133. The van der Waals surface area contributed by atoms with Gasteiger partial charge in [0.05, 0.1) is 6.61 Å². The molecule has 1 heterocycles. The first kappa shape index (κ1) is 8.67. The Kier molecular flexibility index (Phi) is 2.76. The molecule has 4 heteroatoms. The van der Waals surface area contributed by atoms with Crippen LogP contribution in [0.15, 0.2) is 18.3 Å². The van der Waals surface area contributed by atoms with Crippen LogP contribution in [0.4, 0.5) is 0 Å². The molecule has 1 radical (unpaired) electrons. The molecule has 12 heavy (non-hydrogen) atoms. The van der Waals surface area contributed by atoms with Gasteiger partial charge in [-0.2, -0.15) is 0 Å². The second-order valence-electron chi connectivity index (χ2n) is 2.19. The van der Waals surface area contributed by atoms with E-state index < -0.39 is 5.91 Å². The number of pyridine rings is 1. The molecule has 0 atom stereocenters. The summed E-state index contributed by atoms with van der Waals surface area (Å²) in [5.74, 6) is -0.588. The quantitative estimate of drug-likeness (QED) is 0.647. The monoisotopic (exact) mass is 165 g/mol. The third-order valence-corrected chi connectivity index (χ3v) is 1.38. The van der Waals surface area contributed by atoms with Gasteiger partial charge in [-0.1, -0.05) is 6.07 Å². The normalized spacial score (nSPS) is 9.75. The highest BCUT2D eigenvalue weighted by Crippen LogP contribution is 2.06. The molecule has 0 aliphatic heterocycles. The van der Waals surface area contributed by atoms with Crippen molar-refractivity contribution in [1.82, 2.24) is 4.98 Å². The minimum Gasteiger partial charge on any atom is -0.396 e. The Hall–Kier alpha value is -1.42. The predicted octanol–water partition coefficient (Wildman–Crippen LogP) is -0.275. The molecule has 1 aromatic heterocycles. The zero-order chi connectivity index (χ0) is 8.97. The van der Waals surface area contributed by atoms with E-state index in [1.165, 1.54) is 12.6 Å². The molecule has 0 aromatic carbocycles. The van der Waals surface area contributed by atoms with Gasteiger partial charge < -0.3 is 10.8 Å². The highest BCUT2D eigenvalue weighted by atomic mass is 16.3. The number of aliphatic hydroxyl groups excluding tert-OH is 1. The summed E-state index contributed by atoms with van der Waals surface area (Å²) in [4.78, 5) is 14.5. The number of carbonyl (C=O) groups excluding carboxylic acids is 1. The first-order valence-electron chi connectivity index (χ1n) is 3.44. The number of aromatic nitrogens is 1. The van der Waals surface area contributed by atoms with Gasteiger partial charge >= 0.3 is 0 Å². The van der Waals surface area contributed by atoms with E-state index in [0.717, 1.165) is 0 Å². The Bertz CT molecular complexity index is 286. The number of nitrogens with two attached hydrogens (primary N) is 1. The van der Waals surface area contributed by atoms with E-state index >= 15 is 0 Å². The Morgan fingerprint density at radius 3 is 3.08 bits per heavy atom. The molecular formula is C8H9N2O2. The average Bonchev–Trinajstić information content (AvgIpc) is 2.05. The number of nitrogens with zero attached hydrogens (tertiary/aromatic N) is 1. The third-order valence-electron chi connectivity index (χ3n) is 1.38. The number of amides is 1. The number of carbonyl (C=O) groups is 1. The van der Waals surface area contributed by atoms with Crippen molar-refractivity contribution >= 4 is 5.91 Å². The Labute approximate surface area is 70.0 Å². The first-order valence-corrected chi connectivity index (χ1v) is 3.44. The van der Waals surface area contributed by atoms with Crippen LogP contribution in [0.25, 0.3) is 0 Å². The van der Waals surface area contributed by atoms with Gasteiger partial charge in [0.15, 0.2) is 0 Å². The molecule has 0 aliphatic rings. The minimum atomic E-state index is -0.588. The average molecular weight is 165 g/mol. The van der Waals surface area contributed by atoms with Crippen molar-refractivity contribution in [2.75, 3.05) is 6.61 Å². The van der Waals surface area contributed by atoms with Gasteiger partial charge in [0.1, 0.15) is 5.69 Å². The summed E-state index contributed by atoms with van der Waals surface area (Å²) in [5, 5.41) is 8.59. The van der Waals surface area contributed by atoms with Crippen molar-refractivity contribution < 1.29 is 9.90 Å². The van der Waals surface area contributed by atoms with E-state index in [-0.39, 0.29) is 12.3 Å². The van der Waals surface area contributed by atoms with Gasteiger partial charge in [0.25, 0.3) is 5.91 Å². The van der Waals surface area contributed by atoms with Crippen LogP contribution in [-0.2, 0) is 0 Å². The summed E-state index contributed by atoms with van der Waals surface area (Å²) in [7, 11) is 0. The molecule has 0 bridgehead atoms. The fraction of sp³-hybridized carbons (Fsp3) is 0.125. The second kappa shape index (κ2) is 3.82. The lowest BCUT2D eigenvalue weighted by atomic mass is 10.1. The Morgan fingerprint density at radius 2 is 2.50 bits per heavy atom. The molecule has 0 aliphatic carbocycles.